The summed E-state index contributed by atoms with van der Waals surface area (Å²) in [4.78, 5) is 26.0. The third kappa shape index (κ3) is 3.14. The topological polar surface area (TPSA) is 67.4 Å². The van der Waals surface area contributed by atoms with E-state index < -0.39 is 0 Å². The fraction of sp³-hybridized carbons (Fsp3) is 0.333. The van der Waals surface area contributed by atoms with Crippen molar-refractivity contribution in [1.29, 1.82) is 0 Å². The van der Waals surface area contributed by atoms with E-state index in [9.17, 15) is 9.59 Å². The van der Waals surface area contributed by atoms with Gasteiger partial charge < -0.3 is 15.4 Å². The number of benzene rings is 1. The molecule has 0 fully saturated rings. The average Bonchev–Trinajstić information content (AvgIpc) is 2.98. The number of methoxy groups -OCH3 is 1. The van der Waals surface area contributed by atoms with Crippen LogP contribution in [0.1, 0.15) is 44.0 Å². The molecule has 0 unspecified atom stereocenters. The quantitative estimate of drug-likeness (QED) is 0.895. The molecule has 6 heteroatoms. The number of ether oxygens (including phenoxy) is 1. The summed E-state index contributed by atoms with van der Waals surface area (Å²) >= 11 is 1.52. The Morgan fingerprint density at radius 1 is 1.08 bits per heavy atom. The molecule has 0 spiro atoms. The lowest BCUT2D eigenvalue weighted by Crippen LogP contribution is -2.22. The van der Waals surface area contributed by atoms with Crippen LogP contribution in [0.4, 0.5) is 5.00 Å². The molecule has 1 heterocycles. The van der Waals surface area contributed by atoms with E-state index in [4.69, 9.17) is 4.74 Å². The van der Waals surface area contributed by atoms with Crippen molar-refractivity contribution >= 4 is 28.2 Å². The predicted octanol–water partition coefficient (Wildman–Crippen LogP) is 3.25. The number of carbonyl (C=O) groups excluding carboxylic acids is 2. The van der Waals surface area contributed by atoms with Gasteiger partial charge in [0.15, 0.2) is 0 Å². The van der Waals surface area contributed by atoms with Gasteiger partial charge in [0, 0.05) is 17.5 Å². The number of hydrogen-bond acceptors (Lipinski definition) is 4. The van der Waals surface area contributed by atoms with Crippen LogP contribution in [0.2, 0.25) is 0 Å². The normalized spacial score (nSPS) is 13.1. The summed E-state index contributed by atoms with van der Waals surface area (Å²) in [7, 11) is 3.20. The molecular formula is C18H20N2O3S. The van der Waals surface area contributed by atoms with Crippen molar-refractivity contribution in [2.45, 2.75) is 25.7 Å². The van der Waals surface area contributed by atoms with E-state index in [1.807, 2.05) is 0 Å². The minimum Gasteiger partial charge on any atom is -0.497 e. The van der Waals surface area contributed by atoms with Gasteiger partial charge in [0.25, 0.3) is 11.8 Å². The van der Waals surface area contributed by atoms with Gasteiger partial charge in [-0.2, -0.15) is 0 Å². The Hall–Kier alpha value is -2.34. The molecule has 1 aromatic heterocycles. The van der Waals surface area contributed by atoms with Gasteiger partial charge in [-0.15, -0.1) is 11.3 Å². The van der Waals surface area contributed by atoms with E-state index in [0.717, 1.165) is 31.2 Å². The summed E-state index contributed by atoms with van der Waals surface area (Å²) < 4.78 is 5.10. The standard InChI is InChI=1S/C18H20N2O3S/c1-19-17(22)15-13-5-3-4-6-14(13)24-18(15)20-16(21)11-7-9-12(23-2)10-8-11/h7-10H,3-6H2,1-2H3,(H,19,22)(H,20,21). The number of thiophene rings is 1. The molecular weight excluding hydrogens is 324 g/mol. The second kappa shape index (κ2) is 7.05. The van der Waals surface area contributed by atoms with Crippen molar-refractivity contribution in [1.82, 2.24) is 5.32 Å². The van der Waals surface area contributed by atoms with E-state index >= 15 is 0 Å². The van der Waals surface area contributed by atoms with Crippen LogP contribution in [0.5, 0.6) is 5.75 Å². The Labute approximate surface area is 145 Å². The number of rotatable bonds is 4. The first-order valence-electron chi connectivity index (χ1n) is 7.96. The molecule has 3 rings (SSSR count). The van der Waals surface area contributed by atoms with Gasteiger partial charge in [0.2, 0.25) is 0 Å². The molecule has 0 bridgehead atoms. The molecule has 126 valence electrons. The van der Waals surface area contributed by atoms with Crippen LogP contribution < -0.4 is 15.4 Å². The number of carbonyl (C=O) groups is 2. The number of hydrogen-bond donors (Lipinski definition) is 2. The maximum absolute atomic E-state index is 12.5. The monoisotopic (exact) mass is 344 g/mol. The molecule has 0 aliphatic heterocycles. The Bertz CT molecular complexity index is 765. The van der Waals surface area contributed by atoms with Crippen molar-refractivity contribution in [3.05, 3.63) is 45.8 Å². The minimum atomic E-state index is -0.221. The highest BCUT2D eigenvalue weighted by Crippen LogP contribution is 2.38. The van der Waals surface area contributed by atoms with Gasteiger partial charge in [0.05, 0.1) is 12.7 Å². The van der Waals surface area contributed by atoms with Gasteiger partial charge >= 0.3 is 0 Å². The Morgan fingerprint density at radius 3 is 2.46 bits per heavy atom. The summed E-state index contributed by atoms with van der Waals surface area (Å²) in [6.45, 7) is 0. The van der Waals surface area contributed by atoms with E-state index in [0.29, 0.717) is 21.9 Å². The number of anilines is 1. The molecule has 1 aliphatic carbocycles. The fourth-order valence-corrected chi connectivity index (χ4v) is 4.22. The molecule has 5 nitrogen and oxygen atoms in total. The molecule has 24 heavy (non-hydrogen) atoms. The summed E-state index contributed by atoms with van der Waals surface area (Å²) in [6.07, 6.45) is 4.08. The van der Waals surface area contributed by atoms with E-state index in [-0.39, 0.29) is 11.8 Å². The highest BCUT2D eigenvalue weighted by molar-refractivity contribution is 7.17. The Morgan fingerprint density at radius 2 is 1.79 bits per heavy atom. The molecule has 0 saturated heterocycles. The molecule has 0 atom stereocenters. The van der Waals surface area contributed by atoms with Crippen LogP contribution in [0.15, 0.2) is 24.3 Å². The van der Waals surface area contributed by atoms with Crippen molar-refractivity contribution in [3.8, 4) is 5.75 Å². The highest BCUT2D eigenvalue weighted by Gasteiger charge is 2.25. The van der Waals surface area contributed by atoms with Crippen molar-refractivity contribution in [3.63, 3.8) is 0 Å². The molecule has 0 saturated carbocycles. The second-order valence-electron chi connectivity index (χ2n) is 5.68. The Balaban J connectivity index is 1.89. The van der Waals surface area contributed by atoms with Gasteiger partial charge in [0.1, 0.15) is 10.8 Å². The maximum Gasteiger partial charge on any atom is 0.256 e. The summed E-state index contributed by atoms with van der Waals surface area (Å²) in [6, 6.07) is 6.91. The zero-order valence-corrected chi connectivity index (χ0v) is 14.6. The lowest BCUT2D eigenvalue weighted by atomic mass is 9.95. The average molecular weight is 344 g/mol. The van der Waals surface area contributed by atoms with Crippen molar-refractivity contribution in [2.75, 3.05) is 19.5 Å². The van der Waals surface area contributed by atoms with Crippen LogP contribution in [0.25, 0.3) is 0 Å². The molecule has 2 N–H and O–H groups in total. The third-order valence-electron chi connectivity index (χ3n) is 4.20. The van der Waals surface area contributed by atoms with Gasteiger partial charge in [-0.3, -0.25) is 9.59 Å². The largest absolute Gasteiger partial charge is 0.497 e. The number of amides is 2. The minimum absolute atomic E-state index is 0.139. The van der Waals surface area contributed by atoms with Gasteiger partial charge in [-0.1, -0.05) is 0 Å². The smallest absolute Gasteiger partial charge is 0.256 e. The number of fused-ring (bicyclic) bond motifs is 1. The SMILES string of the molecule is CNC(=O)c1c(NC(=O)c2ccc(OC)cc2)sc2c1CCCC2. The zero-order chi connectivity index (χ0) is 17.1. The molecule has 1 aromatic carbocycles. The first kappa shape index (κ1) is 16.5. The summed E-state index contributed by atoms with van der Waals surface area (Å²) in [5.74, 6) is 0.338. The van der Waals surface area contributed by atoms with Crippen molar-refractivity contribution in [2.24, 2.45) is 0 Å². The maximum atomic E-state index is 12.5. The molecule has 0 radical (unpaired) electrons. The number of aryl methyl sites for hydroxylation is 1. The first-order chi connectivity index (χ1) is 11.6. The molecule has 1 aliphatic rings. The highest BCUT2D eigenvalue weighted by atomic mass is 32.1. The van der Waals surface area contributed by atoms with Crippen molar-refractivity contribution < 1.29 is 14.3 Å². The van der Waals surface area contributed by atoms with Crippen LogP contribution in [0, 0.1) is 0 Å². The second-order valence-corrected chi connectivity index (χ2v) is 6.78. The lowest BCUT2D eigenvalue weighted by molar-refractivity contribution is 0.0963. The van der Waals surface area contributed by atoms with Gasteiger partial charge in [-0.05, 0) is 55.5 Å². The van der Waals surface area contributed by atoms with Crippen LogP contribution in [0.3, 0.4) is 0 Å². The summed E-state index contributed by atoms with van der Waals surface area (Å²) in [5.41, 5.74) is 2.25. The predicted molar refractivity (Wildman–Crippen MR) is 95.3 cm³/mol. The van der Waals surface area contributed by atoms with Gasteiger partial charge in [-0.25, -0.2) is 0 Å². The van der Waals surface area contributed by atoms with E-state index in [1.54, 1.807) is 38.4 Å². The van der Waals surface area contributed by atoms with E-state index in [2.05, 4.69) is 10.6 Å². The molecule has 2 aromatic rings. The summed E-state index contributed by atoms with van der Waals surface area (Å²) in [5, 5.41) is 6.24. The molecule has 2 amide bonds. The van der Waals surface area contributed by atoms with Crippen LogP contribution in [-0.4, -0.2) is 26.0 Å². The van der Waals surface area contributed by atoms with E-state index in [1.165, 1.54) is 16.2 Å². The lowest BCUT2D eigenvalue weighted by Gasteiger charge is -2.12. The zero-order valence-electron chi connectivity index (χ0n) is 13.8. The Kier molecular flexibility index (Phi) is 4.85. The third-order valence-corrected chi connectivity index (χ3v) is 5.41. The first-order valence-corrected chi connectivity index (χ1v) is 8.77. The van der Waals surface area contributed by atoms with Crippen LogP contribution in [-0.2, 0) is 12.8 Å². The number of nitrogens with one attached hydrogen (secondary N) is 2. The fourth-order valence-electron chi connectivity index (χ4n) is 2.94. The van der Waals surface area contributed by atoms with Crippen LogP contribution >= 0.6 is 11.3 Å².